The van der Waals surface area contributed by atoms with Crippen molar-refractivity contribution in [1.82, 2.24) is 5.32 Å². The molecule has 6 heteroatoms. The largest absolute Gasteiger partial charge is 0.496 e. The molecular formula is C13H20ClNO3S. The van der Waals surface area contributed by atoms with E-state index in [1.54, 1.807) is 19.2 Å². The Labute approximate surface area is 120 Å². The number of likely N-dealkylation sites (N-methyl/N-ethyl adjacent to an activating group) is 1. The Kier molecular flexibility index (Phi) is 6.10. The number of benzene rings is 1. The lowest BCUT2D eigenvalue weighted by molar-refractivity contribution is 0.406. The first-order valence-electron chi connectivity index (χ1n) is 6.09. The van der Waals surface area contributed by atoms with Crippen molar-refractivity contribution in [3.8, 4) is 5.75 Å². The van der Waals surface area contributed by atoms with Gasteiger partial charge in [0.2, 0.25) is 0 Å². The van der Waals surface area contributed by atoms with Crippen LogP contribution < -0.4 is 10.1 Å². The van der Waals surface area contributed by atoms with Crippen LogP contribution in [0.4, 0.5) is 0 Å². The van der Waals surface area contributed by atoms with Gasteiger partial charge in [-0.2, -0.15) is 0 Å². The number of methoxy groups -OCH3 is 1. The van der Waals surface area contributed by atoms with Crippen molar-refractivity contribution in [3.05, 3.63) is 28.8 Å². The van der Waals surface area contributed by atoms with Gasteiger partial charge in [-0.25, -0.2) is 8.42 Å². The fourth-order valence-electron chi connectivity index (χ4n) is 2.02. The molecule has 0 bridgehead atoms. The topological polar surface area (TPSA) is 55.4 Å². The molecule has 0 fully saturated rings. The number of ether oxygens (including phenoxy) is 1. The molecule has 0 aliphatic rings. The monoisotopic (exact) mass is 305 g/mol. The van der Waals surface area contributed by atoms with Gasteiger partial charge in [0.15, 0.2) is 0 Å². The zero-order valence-electron chi connectivity index (χ0n) is 11.4. The van der Waals surface area contributed by atoms with E-state index in [1.165, 1.54) is 6.26 Å². The molecule has 0 aliphatic heterocycles. The molecule has 108 valence electrons. The second-order valence-corrected chi connectivity index (χ2v) is 7.13. The maximum atomic E-state index is 11.4. The molecule has 4 nitrogen and oxygen atoms in total. The summed E-state index contributed by atoms with van der Waals surface area (Å²) in [5, 5.41) is 3.80. The normalized spacial score (nSPS) is 13.3. The van der Waals surface area contributed by atoms with E-state index >= 15 is 0 Å². The molecule has 1 unspecified atom stereocenters. The second-order valence-electron chi connectivity index (χ2n) is 4.51. The van der Waals surface area contributed by atoms with Crippen LogP contribution >= 0.6 is 11.6 Å². The average molecular weight is 306 g/mol. The van der Waals surface area contributed by atoms with E-state index in [2.05, 4.69) is 5.32 Å². The Bertz CT molecular complexity index is 517. The summed E-state index contributed by atoms with van der Waals surface area (Å²) in [6.45, 7) is 2.66. The molecule has 1 aromatic carbocycles. The van der Waals surface area contributed by atoms with Crippen molar-refractivity contribution in [3.63, 3.8) is 0 Å². The summed E-state index contributed by atoms with van der Waals surface area (Å²) < 4.78 is 28.1. The van der Waals surface area contributed by atoms with Crippen LogP contribution in [-0.4, -0.2) is 40.1 Å². The maximum absolute atomic E-state index is 11.4. The number of sulfone groups is 1. The van der Waals surface area contributed by atoms with Gasteiger partial charge in [-0.3, -0.25) is 0 Å². The molecular weight excluding hydrogens is 286 g/mol. The third-order valence-electron chi connectivity index (χ3n) is 2.71. The third-order valence-corrected chi connectivity index (χ3v) is 3.95. The first kappa shape index (κ1) is 16.3. The molecule has 0 aromatic heterocycles. The molecule has 0 amide bonds. The number of rotatable bonds is 7. The molecule has 0 aliphatic carbocycles. The van der Waals surface area contributed by atoms with Gasteiger partial charge in [0.1, 0.15) is 15.6 Å². The minimum absolute atomic E-state index is 0.0938. The van der Waals surface area contributed by atoms with Gasteiger partial charge < -0.3 is 10.1 Å². The molecule has 1 N–H and O–H groups in total. The van der Waals surface area contributed by atoms with Crippen LogP contribution in [0.5, 0.6) is 5.75 Å². The molecule has 1 aromatic rings. The van der Waals surface area contributed by atoms with E-state index in [9.17, 15) is 8.42 Å². The molecule has 0 saturated carbocycles. The summed E-state index contributed by atoms with van der Waals surface area (Å²) in [6, 6.07) is 5.21. The zero-order valence-corrected chi connectivity index (χ0v) is 13.0. The van der Waals surface area contributed by atoms with Crippen molar-refractivity contribution in [2.24, 2.45) is 0 Å². The minimum Gasteiger partial charge on any atom is -0.496 e. The lowest BCUT2D eigenvalue weighted by atomic mass is 10.1. The molecule has 0 saturated heterocycles. The number of nitrogens with one attached hydrogen (secondary N) is 1. The molecule has 0 radical (unpaired) electrons. The summed E-state index contributed by atoms with van der Waals surface area (Å²) >= 11 is 5.97. The minimum atomic E-state index is -3.03. The SMILES string of the molecule is CCNC(Cc1cc(Cl)ccc1OC)CS(C)(=O)=O. The van der Waals surface area contributed by atoms with E-state index in [0.29, 0.717) is 18.0 Å². The maximum Gasteiger partial charge on any atom is 0.148 e. The average Bonchev–Trinajstić information content (AvgIpc) is 2.27. The first-order valence-corrected chi connectivity index (χ1v) is 8.53. The van der Waals surface area contributed by atoms with Crippen molar-refractivity contribution in [2.75, 3.05) is 25.7 Å². The third kappa shape index (κ3) is 5.80. The summed E-state index contributed by atoms with van der Waals surface area (Å²) in [4.78, 5) is 0. The summed E-state index contributed by atoms with van der Waals surface area (Å²) in [5.41, 5.74) is 0.907. The molecule has 1 atom stereocenters. The van der Waals surface area contributed by atoms with Gasteiger partial charge in [-0.15, -0.1) is 0 Å². The van der Waals surface area contributed by atoms with E-state index in [0.717, 1.165) is 11.3 Å². The molecule has 1 rings (SSSR count). The lowest BCUT2D eigenvalue weighted by Crippen LogP contribution is -2.37. The van der Waals surface area contributed by atoms with Gasteiger partial charge in [0.05, 0.1) is 12.9 Å². The predicted octanol–water partition coefficient (Wildman–Crippen LogP) is 1.91. The Balaban J connectivity index is 2.92. The van der Waals surface area contributed by atoms with Crippen LogP contribution in [0.15, 0.2) is 18.2 Å². The Hall–Kier alpha value is -0.780. The van der Waals surface area contributed by atoms with Crippen molar-refractivity contribution in [2.45, 2.75) is 19.4 Å². The van der Waals surface area contributed by atoms with Crippen LogP contribution in [0.25, 0.3) is 0 Å². The van der Waals surface area contributed by atoms with Crippen molar-refractivity contribution in [1.29, 1.82) is 0 Å². The van der Waals surface area contributed by atoms with E-state index in [-0.39, 0.29) is 11.8 Å². The molecule has 19 heavy (non-hydrogen) atoms. The highest BCUT2D eigenvalue weighted by Crippen LogP contribution is 2.24. The van der Waals surface area contributed by atoms with Crippen LogP contribution in [0.3, 0.4) is 0 Å². The summed E-state index contributed by atoms with van der Waals surface area (Å²) in [5.74, 6) is 0.817. The van der Waals surface area contributed by atoms with Gasteiger partial charge in [-0.05, 0) is 36.7 Å². The quantitative estimate of drug-likeness (QED) is 0.836. The Morgan fingerprint density at radius 2 is 2.11 bits per heavy atom. The standard InChI is InChI=1S/C13H20ClNO3S/c1-4-15-12(9-19(3,16)17)8-10-7-11(14)5-6-13(10)18-2/h5-7,12,15H,4,8-9H2,1-3H3. The van der Waals surface area contributed by atoms with Gasteiger partial charge in [-0.1, -0.05) is 18.5 Å². The first-order chi connectivity index (χ1) is 8.85. The highest BCUT2D eigenvalue weighted by molar-refractivity contribution is 7.90. The fraction of sp³-hybridized carbons (Fsp3) is 0.538. The van der Waals surface area contributed by atoms with Gasteiger partial charge in [0, 0.05) is 17.3 Å². The number of hydrogen-bond acceptors (Lipinski definition) is 4. The molecule has 0 spiro atoms. The molecule has 0 heterocycles. The van der Waals surface area contributed by atoms with E-state index in [4.69, 9.17) is 16.3 Å². The summed E-state index contributed by atoms with van der Waals surface area (Å²) in [6.07, 6.45) is 1.80. The smallest absolute Gasteiger partial charge is 0.148 e. The van der Waals surface area contributed by atoms with Crippen molar-refractivity contribution >= 4 is 21.4 Å². The van der Waals surface area contributed by atoms with Gasteiger partial charge >= 0.3 is 0 Å². The van der Waals surface area contributed by atoms with Crippen LogP contribution in [0.2, 0.25) is 5.02 Å². The zero-order chi connectivity index (χ0) is 14.5. The second kappa shape index (κ2) is 7.12. The highest BCUT2D eigenvalue weighted by Gasteiger charge is 2.17. The Morgan fingerprint density at radius 1 is 1.42 bits per heavy atom. The Morgan fingerprint density at radius 3 is 2.63 bits per heavy atom. The number of hydrogen-bond donors (Lipinski definition) is 1. The van der Waals surface area contributed by atoms with Crippen molar-refractivity contribution < 1.29 is 13.2 Å². The van der Waals surface area contributed by atoms with E-state index in [1.807, 2.05) is 13.0 Å². The van der Waals surface area contributed by atoms with Crippen LogP contribution in [0, 0.1) is 0 Å². The fourth-order valence-corrected chi connectivity index (χ4v) is 3.18. The van der Waals surface area contributed by atoms with Gasteiger partial charge in [0.25, 0.3) is 0 Å². The van der Waals surface area contributed by atoms with Crippen LogP contribution in [0.1, 0.15) is 12.5 Å². The van der Waals surface area contributed by atoms with E-state index < -0.39 is 9.84 Å². The summed E-state index contributed by atoms with van der Waals surface area (Å²) in [7, 11) is -1.44. The lowest BCUT2D eigenvalue weighted by Gasteiger charge is -2.18. The van der Waals surface area contributed by atoms with Crippen LogP contribution in [-0.2, 0) is 16.3 Å². The highest BCUT2D eigenvalue weighted by atomic mass is 35.5. The number of halogens is 1. The predicted molar refractivity (Wildman–Crippen MR) is 78.9 cm³/mol.